The van der Waals surface area contributed by atoms with Gasteiger partial charge in [0.05, 0.1) is 6.10 Å². The lowest BCUT2D eigenvalue weighted by atomic mass is 9.87. The number of rotatable bonds is 6. The molecule has 2 unspecified atom stereocenters. The summed E-state index contributed by atoms with van der Waals surface area (Å²) >= 11 is 1.78. The van der Waals surface area contributed by atoms with Gasteiger partial charge in [0.1, 0.15) is 0 Å². The van der Waals surface area contributed by atoms with Gasteiger partial charge in [-0.05, 0) is 37.1 Å². The molecule has 1 aromatic heterocycles. The normalized spacial score (nSPS) is 16.1. The van der Waals surface area contributed by atoms with E-state index >= 15 is 0 Å². The lowest BCUT2D eigenvalue weighted by Gasteiger charge is -2.28. The van der Waals surface area contributed by atoms with Gasteiger partial charge in [0.25, 0.3) is 0 Å². The lowest BCUT2D eigenvalue weighted by molar-refractivity contribution is 0.127. The van der Waals surface area contributed by atoms with Crippen molar-refractivity contribution in [3.8, 4) is 0 Å². The third kappa shape index (κ3) is 4.64. The maximum atomic E-state index is 9.41. The minimum absolute atomic E-state index is 0.139. The van der Waals surface area contributed by atoms with Crippen molar-refractivity contribution in [3.05, 3.63) is 22.4 Å². The number of nitrogens with one attached hydrogen (secondary N) is 1. The van der Waals surface area contributed by atoms with E-state index in [1.54, 1.807) is 11.3 Å². The summed E-state index contributed by atoms with van der Waals surface area (Å²) in [6.45, 7) is 9.34. The Morgan fingerprint density at radius 2 is 2.12 bits per heavy atom. The maximum absolute atomic E-state index is 9.41. The summed E-state index contributed by atoms with van der Waals surface area (Å²) < 4.78 is 0. The van der Waals surface area contributed by atoms with Crippen LogP contribution in [-0.2, 0) is 0 Å². The molecule has 2 N–H and O–H groups in total. The molecule has 0 radical (unpaired) electrons. The van der Waals surface area contributed by atoms with E-state index in [-0.39, 0.29) is 11.5 Å². The van der Waals surface area contributed by atoms with Crippen LogP contribution in [0.25, 0.3) is 0 Å². The third-order valence-electron chi connectivity index (χ3n) is 2.70. The lowest BCUT2D eigenvalue weighted by Crippen LogP contribution is -2.33. The minimum Gasteiger partial charge on any atom is -0.393 e. The molecule has 0 saturated carbocycles. The second kappa shape index (κ2) is 5.80. The molecular formula is C13H23NOS. The van der Waals surface area contributed by atoms with Crippen LogP contribution in [0.4, 0.5) is 0 Å². The molecule has 0 aliphatic carbocycles. The highest BCUT2D eigenvalue weighted by Crippen LogP contribution is 2.24. The van der Waals surface area contributed by atoms with Gasteiger partial charge >= 0.3 is 0 Å². The van der Waals surface area contributed by atoms with Gasteiger partial charge < -0.3 is 10.4 Å². The molecule has 1 heterocycles. The standard InChI is InChI=1S/C13H23NOS/c1-10(15)8-13(3,4)9-14-11(2)12-6-5-7-16-12/h5-7,10-11,14-15H,8-9H2,1-4H3. The monoisotopic (exact) mass is 241 g/mol. The number of hydrogen-bond donors (Lipinski definition) is 2. The Morgan fingerprint density at radius 1 is 1.44 bits per heavy atom. The predicted molar refractivity (Wildman–Crippen MR) is 70.8 cm³/mol. The zero-order valence-corrected chi connectivity index (χ0v) is 11.5. The number of thiophene rings is 1. The van der Waals surface area contributed by atoms with E-state index in [9.17, 15) is 5.11 Å². The molecule has 92 valence electrons. The fourth-order valence-electron chi connectivity index (χ4n) is 1.94. The molecule has 16 heavy (non-hydrogen) atoms. The van der Waals surface area contributed by atoms with Crippen molar-refractivity contribution in [1.29, 1.82) is 0 Å². The Morgan fingerprint density at radius 3 is 2.62 bits per heavy atom. The highest BCUT2D eigenvalue weighted by Gasteiger charge is 2.21. The summed E-state index contributed by atoms with van der Waals surface area (Å²) in [5.41, 5.74) is 0.139. The first-order valence-electron chi connectivity index (χ1n) is 5.85. The molecule has 1 rings (SSSR count). The van der Waals surface area contributed by atoms with Gasteiger partial charge in [-0.25, -0.2) is 0 Å². The number of hydrogen-bond acceptors (Lipinski definition) is 3. The van der Waals surface area contributed by atoms with Crippen LogP contribution >= 0.6 is 11.3 Å². The van der Waals surface area contributed by atoms with Gasteiger partial charge in [-0.1, -0.05) is 19.9 Å². The Labute approximate surface area is 103 Å². The Hall–Kier alpha value is -0.380. The van der Waals surface area contributed by atoms with Gasteiger partial charge in [-0.3, -0.25) is 0 Å². The van der Waals surface area contributed by atoms with Crippen LogP contribution in [0.5, 0.6) is 0 Å². The summed E-state index contributed by atoms with van der Waals surface area (Å²) in [6, 6.07) is 4.64. The van der Waals surface area contributed by atoms with Gasteiger partial charge in [0.2, 0.25) is 0 Å². The average Bonchev–Trinajstić information content (AvgIpc) is 2.64. The summed E-state index contributed by atoms with van der Waals surface area (Å²) in [5.74, 6) is 0. The van der Waals surface area contributed by atoms with E-state index in [0.717, 1.165) is 13.0 Å². The van der Waals surface area contributed by atoms with Gasteiger partial charge in [0, 0.05) is 17.5 Å². The molecule has 0 bridgehead atoms. The van der Waals surface area contributed by atoms with Crippen molar-refractivity contribution in [2.75, 3.05) is 6.54 Å². The quantitative estimate of drug-likeness (QED) is 0.801. The van der Waals surface area contributed by atoms with Gasteiger partial charge in [0.15, 0.2) is 0 Å². The Bertz CT molecular complexity index is 293. The fourth-order valence-corrected chi connectivity index (χ4v) is 2.70. The molecule has 3 heteroatoms. The number of aliphatic hydroxyl groups excluding tert-OH is 1. The highest BCUT2D eigenvalue weighted by molar-refractivity contribution is 7.10. The molecule has 0 spiro atoms. The molecular weight excluding hydrogens is 218 g/mol. The molecule has 0 aliphatic heterocycles. The van der Waals surface area contributed by atoms with Crippen LogP contribution in [0.3, 0.4) is 0 Å². The zero-order chi connectivity index (χ0) is 12.2. The topological polar surface area (TPSA) is 32.3 Å². The summed E-state index contributed by atoms with van der Waals surface area (Å²) in [7, 11) is 0. The van der Waals surface area contributed by atoms with E-state index in [4.69, 9.17) is 0 Å². The van der Waals surface area contributed by atoms with E-state index in [0.29, 0.717) is 6.04 Å². The number of aliphatic hydroxyl groups is 1. The summed E-state index contributed by atoms with van der Waals surface area (Å²) in [5, 5.41) is 15.0. The van der Waals surface area contributed by atoms with E-state index in [1.807, 2.05) is 6.92 Å². The van der Waals surface area contributed by atoms with Crippen LogP contribution in [0.15, 0.2) is 17.5 Å². The average molecular weight is 241 g/mol. The first kappa shape index (κ1) is 13.7. The highest BCUT2D eigenvalue weighted by atomic mass is 32.1. The fraction of sp³-hybridized carbons (Fsp3) is 0.692. The SMILES string of the molecule is CC(O)CC(C)(C)CNC(C)c1cccs1. The van der Waals surface area contributed by atoms with E-state index < -0.39 is 0 Å². The molecule has 1 aromatic rings. The first-order chi connectivity index (χ1) is 7.41. The Kier molecular flexibility index (Phi) is 4.96. The second-order valence-corrected chi connectivity index (χ2v) is 6.31. The third-order valence-corrected chi connectivity index (χ3v) is 3.76. The summed E-state index contributed by atoms with van der Waals surface area (Å²) in [6.07, 6.45) is 0.603. The predicted octanol–water partition coefficient (Wildman–Crippen LogP) is 3.20. The smallest absolute Gasteiger partial charge is 0.0517 e. The van der Waals surface area contributed by atoms with Crippen molar-refractivity contribution in [2.24, 2.45) is 5.41 Å². The van der Waals surface area contributed by atoms with Gasteiger partial charge in [-0.2, -0.15) is 0 Å². The molecule has 0 aliphatic rings. The van der Waals surface area contributed by atoms with Gasteiger partial charge in [-0.15, -0.1) is 11.3 Å². The maximum Gasteiger partial charge on any atom is 0.0517 e. The first-order valence-corrected chi connectivity index (χ1v) is 6.73. The van der Waals surface area contributed by atoms with Crippen LogP contribution in [-0.4, -0.2) is 17.8 Å². The van der Waals surface area contributed by atoms with E-state index in [1.165, 1.54) is 4.88 Å². The molecule has 0 aromatic carbocycles. The molecule has 0 fully saturated rings. The Balaban J connectivity index is 2.39. The molecule has 0 amide bonds. The zero-order valence-electron chi connectivity index (χ0n) is 10.7. The summed E-state index contributed by atoms with van der Waals surface area (Å²) in [4.78, 5) is 1.37. The van der Waals surface area contributed by atoms with Crippen LogP contribution in [0.1, 0.15) is 45.0 Å². The minimum atomic E-state index is -0.228. The largest absolute Gasteiger partial charge is 0.393 e. The van der Waals surface area contributed by atoms with Crippen molar-refractivity contribution in [2.45, 2.75) is 46.3 Å². The van der Waals surface area contributed by atoms with Crippen molar-refractivity contribution in [3.63, 3.8) is 0 Å². The molecule has 0 saturated heterocycles. The van der Waals surface area contributed by atoms with Crippen LogP contribution in [0.2, 0.25) is 0 Å². The van der Waals surface area contributed by atoms with Crippen LogP contribution in [0, 0.1) is 5.41 Å². The van der Waals surface area contributed by atoms with Crippen molar-refractivity contribution in [1.82, 2.24) is 5.32 Å². The molecule has 2 atom stereocenters. The van der Waals surface area contributed by atoms with Crippen LogP contribution < -0.4 is 5.32 Å². The van der Waals surface area contributed by atoms with E-state index in [2.05, 4.69) is 43.6 Å². The second-order valence-electron chi connectivity index (χ2n) is 5.34. The van der Waals surface area contributed by atoms with Crippen molar-refractivity contribution >= 4 is 11.3 Å². The molecule has 2 nitrogen and oxygen atoms in total. The van der Waals surface area contributed by atoms with Crippen molar-refractivity contribution < 1.29 is 5.11 Å².